The Kier molecular flexibility index (Phi) is 12.6. The minimum Gasteiger partial charge on any atom is -0.497 e. The molecular formula is C35H43F2N3O7. The maximum Gasteiger partial charge on any atom is 0.409 e. The highest BCUT2D eigenvalue weighted by Crippen LogP contribution is 2.43. The second kappa shape index (κ2) is 16.8. The van der Waals surface area contributed by atoms with Gasteiger partial charge in [0, 0.05) is 37.6 Å². The lowest BCUT2D eigenvalue weighted by Gasteiger charge is -2.30. The number of hydrogen-bond acceptors (Lipinski definition) is 8. The van der Waals surface area contributed by atoms with E-state index >= 15 is 8.78 Å². The number of amides is 2. The summed E-state index contributed by atoms with van der Waals surface area (Å²) < 4.78 is 58.1. The summed E-state index contributed by atoms with van der Waals surface area (Å²) >= 11 is 0. The lowest BCUT2D eigenvalue weighted by Crippen LogP contribution is -2.47. The summed E-state index contributed by atoms with van der Waals surface area (Å²) in [5.74, 6) is -4.34. The number of aromatic nitrogens is 1. The quantitative estimate of drug-likeness (QED) is 0.188. The molecule has 2 heterocycles. The van der Waals surface area contributed by atoms with Crippen LogP contribution in [-0.2, 0) is 28.3 Å². The van der Waals surface area contributed by atoms with E-state index in [1.165, 1.54) is 21.3 Å². The Morgan fingerprint density at radius 2 is 1.60 bits per heavy atom. The van der Waals surface area contributed by atoms with E-state index in [1.54, 1.807) is 24.4 Å². The molecule has 2 amide bonds. The van der Waals surface area contributed by atoms with Crippen molar-refractivity contribution in [2.24, 2.45) is 0 Å². The number of halogens is 2. The first-order valence-corrected chi connectivity index (χ1v) is 15.6. The maximum absolute atomic E-state index is 15.7. The number of likely N-dealkylation sites (tertiary alicyclic amines) is 1. The number of alkyl halides is 2. The van der Waals surface area contributed by atoms with E-state index in [2.05, 4.69) is 4.98 Å². The Morgan fingerprint density at radius 1 is 0.915 bits per heavy atom. The zero-order valence-corrected chi connectivity index (χ0v) is 27.4. The molecule has 3 aromatic rings. The van der Waals surface area contributed by atoms with Crippen LogP contribution in [0.25, 0.3) is 0 Å². The van der Waals surface area contributed by atoms with E-state index in [1.807, 2.05) is 36.4 Å². The molecule has 254 valence electrons. The van der Waals surface area contributed by atoms with Gasteiger partial charge in [-0.05, 0) is 80.0 Å². The van der Waals surface area contributed by atoms with Gasteiger partial charge in [-0.1, -0.05) is 18.2 Å². The molecule has 1 fully saturated rings. The second-order valence-electron chi connectivity index (χ2n) is 11.3. The SMILES string of the molecule is COc1cccc(CCCN(CCCc2cccnc2)C(=O)OC[C@@H]2CCCN2C(=O)C(F)(F)c2cc(OC)c(OC)c(OC)c2)c1. The van der Waals surface area contributed by atoms with Crippen molar-refractivity contribution in [3.63, 3.8) is 0 Å². The number of nitrogens with zero attached hydrogens (tertiary/aromatic N) is 3. The third-order valence-electron chi connectivity index (χ3n) is 8.24. The van der Waals surface area contributed by atoms with Crippen LogP contribution < -0.4 is 18.9 Å². The smallest absolute Gasteiger partial charge is 0.409 e. The molecule has 0 N–H and O–H groups in total. The number of rotatable bonds is 16. The Morgan fingerprint density at radius 3 is 2.21 bits per heavy atom. The first-order chi connectivity index (χ1) is 22.7. The summed E-state index contributed by atoms with van der Waals surface area (Å²) in [6, 6.07) is 13.1. The molecule has 1 aliphatic heterocycles. The second-order valence-corrected chi connectivity index (χ2v) is 11.3. The molecule has 1 aliphatic rings. The van der Waals surface area contributed by atoms with Crippen molar-refractivity contribution in [1.29, 1.82) is 0 Å². The van der Waals surface area contributed by atoms with Crippen molar-refractivity contribution in [2.75, 3.05) is 54.7 Å². The number of aryl methyl sites for hydroxylation is 2. The number of carbonyl (C=O) groups excluding carboxylic acids is 2. The van der Waals surface area contributed by atoms with Gasteiger partial charge < -0.3 is 33.5 Å². The van der Waals surface area contributed by atoms with Crippen LogP contribution in [0.1, 0.15) is 42.4 Å². The molecule has 4 rings (SSSR count). The van der Waals surface area contributed by atoms with E-state index in [0.29, 0.717) is 38.8 Å². The summed E-state index contributed by atoms with van der Waals surface area (Å²) in [5.41, 5.74) is 1.56. The monoisotopic (exact) mass is 655 g/mol. The number of hydrogen-bond donors (Lipinski definition) is 0. The number of pyridine rings is 1. The summed E-state index contributed by atoms with van der Waals surface area (Å²) in [6.07, 6.45) is 6.74. The van der Waals surface area contributed by atoms with Gasteiger partial charge in [0.2, 0.25) is 5.75 Å². The molecule has 0 radical (unpaired) electrons. The first kappa shape index (κ1) is 35.2. The van der Waals surface area contributed by atoms with Crippen molar-refractivity contribution in [1.82, 2.24) is 14.8 Å². The molecule has 1 atom stereocenters. The van der Waals surface area contributed by atoms with Crippen LogP contribution in [0.15, 0.2) is 60.9 Å². The predicted octanol–water partition coefficient (Wildman–Crippen LogP) is 5.90. The van der Waals surface area contributed by atoms with Crippen molar-refractivity contribution in [3.8, 4) is 23.0 Å². The number of benzene rings is 2. The van der Waals surface area contributed by atoms with E-state index in [9.17, 15) is 9.59 Å². The Balaban J connectivity index is 1.41. The average Bonchev–Trinajstić information content (AvgIpc) is 3.57. The highest BCUT2D eigenvalue weighted by atomic mass is 19.3. The normalized spacial score (nSPS) is 14.4. The third kappa shape index (κ3) is 9.02. The summed E-state index contributed by atoms with van der Waals surface area (Å²) in [4.78, 5) is 33.6. The fourth-order valence-electron chi connectivity index (χ4n) is 5.72. The van der Waals surface area contributed by atoms with Crippen LogP contribution in [0, 0.1) is 0 Å². The van der Waals surface area contributed by atoms with Crippen LogP contribution in [0.5, 0.6) is 23.0 Å². The number of carbonyl (C=O) groups is 2. The molecule has 1 aromatic heterocycles. The van der Waals surface area contributed by atoms with Crippen LogP contribution >= 0.6 is 0 Å². The van der Waals surface area contributed by atoms with Crippen molar-refractivity contribution in [2.45, 2.75) is 50.5 Å². The zero-order chi connectivity index (χ0) is 33.8. The molecule has 1 saturated heterocycles. The van der Waals surface area contributed by atoms with Crippen molar-refractivity contribution < 1.29 is 42.1 Å². The van der Waals surface area contributed by atoms with Crippen molar-refractivity contribution in [3.05, 3.63) is 77.6 Å². The van der Waals surface area contributed by atoms with Gasteiger partial charge in [-0.2, -0.15) is 8.78 Å². The lowest BCUT2D eigenvalue weighted by molar-refractivity contribution is -0.160. The summed E-state index contributed by atoms with van der Waals surface area (Å²) in [5, 5.41) is 0. The van der Waals surface area contributed by atoms with Crippen LogP contribution in [0.4, 0.5) is 13.6 Å². The number of methoxy groups -OCH3 is 4. The van der Waals surface area contributed by atoms with Gasteiger partial charge in [-0.3, -0.25) is 9.78 Å². The topological polar surface area (TPSA) is 99.7 Å². The van der Waals surface area contributed by atoms with Crippen molar-refractivity contribution >= 4 is 12.0 Å². The standard InChI is InChI=1S/C35H43F2N3O7/c1-43-29-15-5-10-25(20-29)12-7-17-39(18-8-13-26-11-6-16-38-23-26)34(42)47-24-28-14-9-19-40(28)33(41)35(36,37)27-21-30(44-2)32(46-4)31(22-27)45-3/h5-6,10-11,15-16,20-23,28H,7-9,12-14,17-19,24H2,1-4H3/t28-/m0/s1. The molecule has 0 spiro atoms. The van der Waals surface area contributed by atoms with E-state index in [0.717, 1.165) is 46.8 Å². The fourth-order valence-corrected chi connectivity index (χ4v) is 5.72. The molecule has 0 bridgehead atoms. The Hall–Kier alpha value is -4.61. The van der Waals surface area contributed by atoms with E-state index in [-0.39, 0.29) is 30.4 Å². The van der Waals surface area contributed by atoms with Gasteiger partial charge in [-0.25, -0.2) is 4.79 Å². The molecule has 47 heavy (non-hydrogen) atoms. The molecule has 0 saturated carbocycles. The van der Waals surface area contributed by atoms with Crippen LogP contribution in [0.2, 0.25) is 0 Å². The van der Waals surface area contributed by atoms with Gasteiger partial charge in [0.05, 0.1) is 34.5 Å². The Bertz CT molecular complexity index is 1450. The average molecular weight is 656 g/mol. The van der Waals surface area contributed by atoms with Gasteiger partial charge in [0.1, 0.15) is 12.4 Å². The van der Waals surface area contributed by atoms with Gasteiger partial charge in [0.25, 0.3) is 5.91 Å². The van der Waals surface area contributed by atoms with E-state index in [4.69, 9.17) is 23.7 Å². The highest BCUT2D eigenvalue weighted by Gasteiger charge is 2.48. The van der Waals surface area contributed by atoms with Gasteiger partial charge >= 0.3 is 12.0 Å². The minimum absolute atomic E-state index is 0.0104. The molecule has 12 heteroatoms. The minimum atomic E-state index is -3.89. The molecular weight excluding hydrogens is 612 g/mol. The van der Waals surface area contributed by atoms with Gasteiger partial charge in [0.15, 0.2) is 11.5 Å². The molecule has 10 nitrogen and oxygen atoms in total. The Labute approximate surface area is 274 Å². The highest BCUT2D eigenvalue weighted by molar-refractivity contribution is 5.86. The summed E-state index contributed by atoms with van der Waals surface area (Å²) in [6.45, 7) is 0.815. The largest absolute Gasteiger partial charge is 0.497 e. The third-order valence-corrected chi connectivity index (χ3v) is 8.24. The van der Waals surface area contributed by atoms with Crippen LogP contribution in [0.3, 0.4) is 0 Å². The van der Waals surface area contributed by atoms with Gasteiger partial charge in [-0.15, -0.1) is 0 Å². The molecule has 2 aromatic carbocycles. The fraction of sp³-hybridized carbons (Fsp3) is 0.457. The molecule has 0 aliphatic carbocycles. The number of ether oxygens (including phenoxy) is 5. The lowest BCUT2D eigenvalue weighted by atomic mass is 10.0. The molecule has 0 unspecified atom stereocenters. The van der Waals surface area contributed by atoms with E-state index < -0.39 is 29.5 Å². The summed E-state index contributed by atoms with van der Waals surface area (Å²) in [7, 11) is 5.61. The maximum atomic E-state index is 15.7. The first-order valence-electron chi connectivity index (χ1n) is 15.6. The van der Waals surface area contributed by atoms with Crippen LogP contribution in [-0.4, -0.2) is 87.5 Å². The zero-order valence-electron chi connectivity index (χ0n) is 27.4. The predicted molar refractivity (Wildman–Crippen MR) is 172 cm³/mol.